The van der Waals surface area contributed by atoms with Gasteiger partial charge in [-0.15, -0.1) is 0 Å². The molecule has 12 nitrogen and oxygen atoms in total. The summed E-state index contributed by atoms with van der Waals surface area (Å²) in [4.78, 5) is 64.7. The number of aromatic nitrogens is 1. The number of carbonyl (C=O) groups is 4. The molecule has 3 aliphatic rings. The van der Waals surface area contributed by atoms with E-state index in [0.29, 0.717) is 53.0 Å². The molecular formula is C43H59N8O4+. The number of para-hydroxylation sites is 1. The molecule has 1 saturated heterocycles. The zero-order valence-corrected chi connectivity index (χ0v) is 33.0. The Kier molecular flexibility index (Phi) is 13.7. The first-order chi connectivity index (χ1) is 26.7. The van der Waals surface area contributed by atoms with Crippen LogP contribution in [0.1, 0.15) is 95.8 Å². The van der Waals surface area contributed by atoms with Gasteiger partial charge in [0.2, 0.25) is 0 Å². The maximum Gasteiger partial charge on any atom is 0.327 e. The summed E-state index contributed by atoms with van der Waals surface area (Å²) in [6.45, 7) is 10.3. The number of rotatable bonds is 18. The van der Waals surface area contributed by atoms with E-state index in [1.54, 1.807) is 48.7 Å². The number of urea groups is 1. The summed E-state index contributed by atoms with van der Waals surface area (Å²) in [5.74, 6) is -0.185. The second kappa shape index (κ2) is 18.8. The average Bonchev–Trinajstić information content (AvgIpc) is 3.34. The number of hydrogen-bond acceptors (Lipinski definition) is 7. The van der Waals surface area contributed by atoms with Gasteiger partial charge in [0.05, 0.1) is 55.2 Å². The van der Waals surface area contributed by atoms with Gasteiger partial charge in [0.1, 0.15) is 0 Å². The first kappa shape index (κ1) is 40.0. The summed E-state index contributed by atoms with van der Waals surface area (Å²) in [6, 6.07) is 17.9. The van der Waals surface area contributed by atoms with E-state index in [4.69, 9.17) is 0 Å². The van der Waals surface area contributed by atoms with Crippen LogP contribution in [0.4, 0.5) is 22.0 Å². The fourth-order valence-electron chi connectivity index (χ4n) is 8.34. The lowest BCUT2D eigenvalue weighted by atomic mass is 10.0. The van der Waals surface area contributed by atoms with E-state index in [1.165, 1.54) is 48.3 Å². The normalized spacial score (nSPS) is 17.2. The minimum atomic E-state index is -0.298. The monoisotopic (exact) mass is 751 g/mol. The molecule has 294 valence electrons. The van der Waals surface area contributed by atoms with Crippen molar-refractivity contribution in [3.05, 3.63) is 83.6 Å². The molecule has 3 aromatic rings. The van der Waals surface area contributed by atoms with E-state index in [9.17, 15) is 19.2 Å². The number of amides is 5. The van der Waals surface area contributed by atoms with E-state index in [2.05, 4.69) is 46.4 Å². The van der Waals surface area contributed by atoms with E-state index in [0.717, 1.165) is 69.6 Å². The quantitative estimate of drug-likeness (QED) is 0.0880. The molecule has 2 aromatic carbocycles. The number of pyridine rings is 1. The van der Waals surface area contributed by atoms with Gasteiger partial charge < -0.3 is 20.0 Å². The number of anilines is 3. The van der Waals surface area contributed by atoms with Crippen LogP contribution in [0.5, 0.6) is 0 Å². The van der Waals surface area contributed by atoms with E-state index in [-0.39, 0.29) is 23.8 Å². The minimum Gasteiger partial charge on any atom is -0.336 e. The molecular weight excluding hydrogens is 693 g/mol. The number of fused-ring (bicyclic) bond motifs is 3. The summed E-state index contributed by atoms with van der Waals surface area (Å²) >= 11 is 0. The van der Waals surface area contributed by atoms with E-state index in [1.807, 2.05) is 18.2 Å². The van der Waals surface area contributed by atoms with E-state index < -0.39 is 0 Å². The SMILES string of the molecule is CCCN(CCCCCC[N+](C)(C)CCCN1C(=O)c2ccccc2C1=O)CC1CCCCN1CCNC(=O)N1c2ccccc2C(=O)Nc2cccnc21. The Morgan fingerprint density at radius 2 is 1.56 bits per heavy atom. The van der Waals surface area contributed by atoms with Crippen molar-refractivity contribution in [2.75, 3.05) is 83.2 Å². The Bertz CT molecular complexity index is 1780. The van der Waals surface area contributed by atoms with Crippen LogP contribution in [-0.4, -0.2) is 127 Å². The summed E-state index contributed by atoms with van der Waals surface area (Å²) < 4.78 is 0.884. The highest BCUT2D eigenvalue weighted by Gasteiger charge is 2.35. The van der Waals surface area contributed by atoms with Crippen molar-refractivity contribution in [2.45, 2.75) is 70.8 Å². The second-order valence-electron chi connectivity index (χ2n) is 15.9. The number of benzene rings is 2. The van der Waals surface area contributed by atoms with Gasteiger partial charge in [0, 0.05) is 44.8 Å². The van der Waals surface area contributed by atoms with Gasteiger partial charge in [0.25, 0.3) is 17.7 Å². The number of nitrogens with zero attached hydrogens (tertiary/aromatic N) is 6. The van der Waals surface area contributed by atoms with Gasteiger partial charge in [-0.2, -0.15) is 0 Å². The molecule has 1 unspecified atom stereocenters. The van der Waals surface area contributed by atoms with Crippen LogP contribution in [0, 0.1) is 0 Å². The van der Waals surface area contributed by atoms with Gasteiger partial charge in [-0.25, -0.2) is 14.7 Å². The van der Waals surface area contributed by atoms with Crippen LogP contribution in [0.2, 0.25) is 0 Å². The van der Waals surface area contributed by atoms with Gasteiger partial charge in [0.15, 0.2) is 5.82 Å². The number of imide groups is 1. The highest BCUT2D eigenvalue weighted by molar-refractivity contribution is 6.21. The molecule has 0 bridgehead atoms. The molecule has 1 aromatic heterocycles. The van der Waals surface area contributed by atoms with Gasteiger partial charge in [-0.05, 0) is 94.6 Å². The Hall–Kier alpha value is -4.65. The minimum absolute atomic E-state index is 0.165. The molecule has 6 rings (SSSR count). The molecule has 1 atom stereocenters. The van der Waals surface area contributed by atoms with Crippen molar-refractivity contribution in [1.82, 2.24) is 25.0 Å². The molecule has 5 amide bonds. The lowest BCUT2D eigenvalue weighted by Gasteiger charge is -2.39. The number of carbonyl (C=O) groups excluding carboxylic acids is 4. The van der Waals surface area contributed by atoms with Crippen LogP contribution in [0.25, 0.3) is 0 Å². The largest absolute Gasteiger partial charge is 0.336 e. The van der Waals surface area contributed by atoms with Gasteiger partial charge in [-0.3, -0.25) is 24.2 Å². The molecule has 3 aliphatic heterocycles. The van der Waals surface area contributed by atoms with Crippen molar-refractivity contribution < 1.29 is 23.7 Å². The molecule has 1 fully saturated rings. The first-order valence-electron chi connectivity index (χ1n) is 20.3. The zero-order chi connectivity index (χ0) is 38.8. The summed E-state index contributed by atoms with van der Waals surface area (Å²) in [5, 5.41) is 6.04. The van der Waals surface area contributed by atoms with Crippen LogP contribution >= 0.6 is 0 Å². The number of piperidine rings is 1. The molecule has 4 heterocycles. The maximum absolute atomic E-state index is 13.8. The number of likely N-dealkylation sites (tertiary alicyclic amines) is 1. The molecule has 0 radical (unpaired) electrons. The van der Waals surface area contributed by atoms with Crippen LogP contribution < -0.4 is 15.5 Å². The molecule has 0 aliphatic carbocycles. The second-order valence-corrected chi connectivity index (χ2v) is 15.9. The Balaban J connectivity index is 0.916. The summed E-state index contributed by atoms with van der Waals surface area (Å²) in [7, 11) is 4.49. The van der Waals surface area contributed by atoms with Crippen LogP contribution in [0.3, 0.4) is 0 Å². The lowest BCUT2D eigenvalue weighted by Crippen LogP contribution is -2.50. The molecule has 12 heteroatoms. The third-order valence-electron chi connectivity index (χ3n) is 11.3. The Morgan fingerprint density at radius 1 is 0.855 bits per heavy atom. The predicted molar refractivity (Wildman–Crippen MR) is 217 cm³/mol. The zero-order valence-electron chi connectivity index (χ0n) is 33.0. The van der Waals surface area contributed by atoms with Crippen molar-refractivity contribution in [2.24, 2.45) is 0 Å². The molecule has 2 N–H and O–H groups in total. The highest BCUT2D eigenvalue weighted by Crippen LogP contribution is 2.36. The van der Waals surface area contributed by atoms with Gasteiger partial charge >= 0.3 is 6.03 Å². The van der Waals surface area contributed by atoms with Crippen LogP contribution in [0.15, 0.2) is 66.9 Å². The van der Waals surface area contributed by atoms with Crippen molar-refractivity contribution >= 4 is 40.9 Å². The predicted octanol–water partition coefficient (Wildman–Crippen LogP) is 6.38. The van der Waals surface area contributed by atoms with Crippen molar-refractivity contribution in [3.63, 3.8) is 0 Å². The maximum atomic E-state index is 13.8. The standard InChI is InChI=1S/C43H58N8O4/c1-4-25-47(26-12-5-6-14-30-51(2,3)31-16-28-49-41(53)34-18-7-8-19-35(34)42(49)54)32-33-17-11-13-27-48(33)29-24-45-43(55)50-38-22-10-9-20-36(38)40(52)46-37-21-15-23-44-39(37)50/h7-10,15,18-23,33H,4-6,11-14,16-17,24-32H2,1-3H3,(H-,45,46,52,55)/p+1. The fraction of sp³-hybridized carbons (Fsp3) is 0.512. The topological polar surface area (TPSA) is 118 Å². The first-order valence-corrected chi connectivity index (χ1v) is 20.3. The van der Waals surface area contributed by atoms with Crippen molar-refractivity contribution in [3.8, 4) is 0 Å². The third kappa shape index (κ3) is 9.97. The Morgan fingerprint density at radius 3 is 2.33 bits per heavy atom. The summed E-state index contributed by atoms with van der Waals surface area (Å²) in [5.41, 5.74) is 2.50. The summed E-state index contributed by atoms with van der Waals surface area (Å²) in [6.07, 6.45) is 11.9. The average molecular weight is 752 g/mol. The smallest absolute Gasteiger partial charge is 0.327 e. The van der Waals surface area contributed by atoms with Crippen LogP contribution in [-0.2, 0) is 0 Å². The fourth-order valence-corrected chi connectivity index (χ4v) is 8.34. The number of hydrogen-bond donors (Lipinski definition) is 2. The molecule has 0 spiro atoms. The van der Waals surface area contributed by atoms with Gasteiger partial charge in [-0.1, -0.05) is 44.0 Å². The molecule has 0 saturated carbocycles. The lowest BCUT2D eigenvalue weighted by molar-refractivity contribution is -0.890. The number of nitrogens with one attached hydrogen (secondary N) is 2. The number of quaternary nitrogens is 1. The van der Waals surface area contributed by atoms with E-state index >= 15 is 0 Å². The molecule has 55 heavy (non-hydrogen) atoms. The third-order valence-corrected chi connectivity index (χ3v) is 11.3. The van der Waals surface area contributed by atoms with Crippen molar-refractivity contribution in [1.29, 1.82) is 0 Å². The number of unbranched alkanes of at least 4 members (excludes halogenated alkanes) is 3. The highest BCUT2D eigenvalue weighted by atomic mass is 16.2. The Labute approximate surface area is 326 Å².